The van der Waals surface area contributed by atoms with Crippen LogP contribution in [-0.4, -0.2) is 37.2 Å². The maximum atomic E-state index is 12.9. The molecule has 458 valence electrons. The number of ether oxygens (including phenoxy) is 3. The van der Waals surface area contributed by atoms with Crippen molar-refractivity contribution in [3.05, 3.63) is 182 Å². The molecule has 82 heavy (non-hydrogen) atoms. The van der Waals surface area contributed by atoms with Gasteiger partial charge in [0.1, 0.15) is 13.2 Å². The van der Waals surface area contributed by atoms with Gasteiger partial charge in [-0.25, -0.2) is 0 Å². The largest absolute Gasteiger partial charge is 0.462 e. The summed E-state index contributed by atoms with van der Waals surface area (Å²) in [6, 6.07) is 0. The second-order valence-electron chi connectivity index (χ2n) is 20.9. The number of hydrogen-bond acceptors (Lipinski definition) is 6. The number of hydrogen-bond donors (Lipinski definition) is 0. The van der Waals surface area contributed by atoms with E-state index in [9.17, 15) is 14.4 Å². The first-order valence-corrected chi connectivity index (χ1v) is 32.8. The normalized spacial score (nSPS) is 13.4. The van der Waals surface area contributed by atoms with E-state index in [1.807, 2.05) is 0 Å². The van der Waals surface area contributed by atoms with Crippen molar-refractivity contribution in [3.8, 4) is 0 Å². The van der Waals surface area contributed by atoms with Crippen LogP contribution in [0.15, 0.2) is 182 Å². The van der Waals surface area contributed by atoms with Gasteiger partial charge in [0.25, 0.3) is 0 Å². The van der Waals surface area contributed by atoms with Crippen LogP contribution in [0, 0.1) is 0 Å². The quantitative estimate of drug-likeness (QED) is 0.0261. The van der Waals surface area contributed by atoms with Gasteiger partial charge in [-0.05, 0) is 161 Å². The van der Waals surface area contributed by atoms with Gasteiger partial charge in [-0.1, -0.05) is 261 Å². The SMILES string of the molecule is CC/C=C\C/C=C\C/C=C\C/C=C\C/C=C\C/C=C\C/C=C\C/C=C\C/C=C\C/C=C\CCCCC(=O)OCC(COC(=O)CCCCCCC/C=C\C/C=C\C/C=C\CC)OC(=O)CCCCCCC/C=C\C/C=C\CCCCCC. The van der Waals surface area contributed by atoms with E-state index in [2.05, 4.69) is 203 Å². The zero-order chi connectivity index (χ0) is 59.2. The number of allylic oxidation sites excluding steroid dienone is 30. The van der Waals surface area contributed by atoms with E-state index in [1.165, 1.54) is 32.1 Å². The summed E-state index contributed by atoms with van der Waals surface area (Å²) < 4.78 is 16.8. The monoisotopic (exact) mass is 1130 g/mol. The van der Waals surface area contributed by atoms with Gasteiger partial charge in [-0.3, -0.25) is 14.4 Å². The fourth-order valence-electron chi connectivity index (χ4n) is 8.28. The highest BCUT2D eigenvalue weighted by molar-refractivity contribution is 5.71. The van der Waals surface area contributed by atoms with Crippen LogP contribution < -0.4 is 0 Å². The van der Waals surface area contributed by atoms with Gasteiger partial charge in [-0.2, -0.15) is 0 Å². The van der Waals surface area contributed by atoms with E-state index in [4.69, 9.17) is 14.2 Å². The Balaban J connectivity index is 4.45. The van der Waals surface area contributed by atoms with Gasteiger partial charge in [0.05, 0.1) is 0 Å². The lowest BCUT2D eigenvalue weighted by atomic mass is 10.1. The Bertz CT molecular complexity index is 1920. The molecule has 0 saturated carbocycles. The molecular weight excluding hydrogens is 1010 g/mol. The summed E-state index contributed by atoms with van der Waals surface area (Å²) in [5.41, 5.74) is 0. The van der Waals surface area contributed by atoms with E-state index in [0.29, 0.717) is 19.3 Å². The van der Waals surface area contributed by atoms with Gasteiger partial charge >= 0.3 is 17.9 Å². The molecule has 0 aromatic rings. The van der Waals surface area contributed by atoms with E-state index in [1.54, 1.807) is 0 Å². The first-order valence-electron chi connectivity index (χ1n) is 32.8. The number of carbonyl (C=O) groups excluding carboxylic acids is 3. The van der Waals surface area contributed by atoms with Crippen molar-refractivity contribution in [2.24, 2.45) is 0 Å². The topological polar surface area (TPSA) is 78.9 Å². The van der Waals surface area contributed by atoms with Crippen LogP contribution in [0.5, 0.6) is 0 Å². The Labute approximate surface area is 504 Å². The highest BCUT2D eigenvalue weighted by atomic mass is 16.6. The molecule has 0 aromatic carbocycles. The second kappa shape index (κ2) is 68.0. The lowest BCUT2D eigenvalue weighted by molar-refractivity contribution is -0.167. The van der Waals surface area contributed by atoms with Crippen molar-refractivity contribution in [1.82, 2.24) is 0 Å². The van der Waals surface area contributed by atoms with Crippen LogP contribution in [0.4, 0.5) is 0 Å². The fourth-order valence-corrected chi connectivity index (χ4v) is 8.28. The Morgan fingerprint density at radius 3 is 0.768 bits per heavy atom. The molecule has 0 aliphatic rings. The molecule has 1 unspecified atom stereocenters. The Hall–Kier alpha value is -5.49. The lowest BCUT2D eigenvalue weighted by Gasteiger charge is -2.18. The smallest absolute Gasteiger partial charge is 0.306 e. The minimum Gasteiger partial charge on any atom is -0.462 e. The zero-order valence-electron chi connectivity index (χ0n) is 52.4. The molecule has 0 fully saturated rings. The molecule has 0 saturated heterocycles. The number of carbonyl (C=O) groups is 3. The molecule has 0 amide bonds. The van der Waals surface area contributed by atoms with Crippen molar-refractivity contribution in [2.75, 3.05) is 13.2 Å². The van der Waals surface area contributed by atoms with E-state index >= 15 is 0 Å². The summed E-state index contributed by atoms with van der Waals surface area (Å²) in [6.45, 7) is 6.32. The Kier molecular flexibility index (Phi) is 63.5. The molecule has 0 N–H and O–H groups in total. The summed E-state index contributed by atoms with van der Waals surface area (Å²) in [7, 11) is 0. The molecule has 0 rings (SSSR count). The molecule has 0 aromatic heterocycles. The van der Waals surface area contributed by atoms with Crippen molar-refractivity contribution in [2.45, 2.75) is 264 Å². The number of unbranched alkanes of at least 4 members (excludes halogenated alkanes) is 16. The second-order valence-corrected chi connectivity index (χ2v) is 20.9. The third-order valence-corrected chi connectivity index (χ3v) is 13.1. The van der Waals surface area contributed by atoms with Gasteiger partial charge < -0.3 is 14.2 Å². The average Bonchev–Trinajstić information content (AvgIpc) is 3.47. The highest BCUT2D eigenvalue weighted by Crippen LogP contribution is 2.13. The molecule has 0 aliphatic carbocycles. The molecule has 0 bridgehead atoms. The lowest BCUT2D eigenvalue weighted by Crippen LogP contribution is -2.30. The first kappa shape index (κ1) is 76.5. The van der Waals surface area contributed by atoms with Gasteiger partial charge in [0.2, 0.25) is 0 Å². The molecule has 6 nitrogen and oxygen atoms in total. The fraction of sp³-hybridized carbons (Fsp3) is 0.566. The Morgan fingerprint density at radius 1 is 0.256 bits per heavy atom. The first-order chi connectivity index (χ1) is 40.5. The van der Waals surface area contributed by atoms with Crippen LogP contribution in [0.3, 0.4) is 0 Å². The maximum absolute atomic E-state index is 12.9. The molecular formula is C76H118O6. The Morgan fingerprint density at radius 2 is 0.476 bits per heavy atom. The predicted molar refractivity (Wildman–Crippen MR) is 357 cm³/mol. The standard InChI is InChI=1S/C76H118O6/c1-4-7-10-13-16-19-22-25-28-30-31-32-33-34-35-36-37-38-39-40-41-42-43-44-45-46-49-51-54-57-60-63-66-69-75(78)81-72-73(71-80-74(77)68-65-62-59-56-53-50-47-27-24-21-18-15-12-9-6-3)82-76(79)70-67-64-61-58-55-52-48-29-26-23-20-17-14-11-8-5-2/h7,9-10,12,16,18-21,23,25,27-29,31-32,34-35,37-38,40-41,43-44,46-49,54,57,73H,4-6,8,11,13-15,17,22,24,26,30,33,36,39,42,45,50-53,55-56,58-72H2,1-3H3/b10-7-,12-9-,19-16-,21-18-,23-20-,28-25-,32-31-,35-34-,38-37-,41-40-,44-43-,47-27-,48-29-,49-46-,57-54-. The highest BCUT2D eigenvalue weighted by Gasteiger charge is 2.19. The van der Waals surface area contributed by atoms with Crippen molar-refractivity contribution >= 4 is 17.9 Å². The van der Waals surface area contributed by atoms with E-state index in [-0.39, 0.29) is 37.5 Å². The van der Waals surface area contributed by atoms with Crippen LogP contribution >= 0.6 is 0 Å². The van der Waals surface area contributed by atoms with Gasteiger partial charge in [0.15, 0.2) is 6.10 Å². The van der Waals surface area contributed by atoms with Gasteiger partial charge in [0, 0.05) is 19.3 Å². The molecule has 0 aliphatic heterocycles. The van der Waals surface area contributed by atoms with Crippen molar-refractivity contribution < 1.29 is 28.6 Å². The van der Waals surface area contributed by atoms with Crippen molar-refractivity contribution in [1.29, 1.82) is 0 Å². The molecule has 6 heteroatoms. The number of esters is 3. The average molecular weight is 1130 g/mol. The summed E-state index contributed by atoms with van der Waals surface area (Å²) in [6.07, 6.45) is 102. The van der Waals surface area contributed by atoms with E-state index in [0.717, 1.165) is 180 Å². The molecule has 0 heterocycles. The third kappa shape index (κ3) is 65.3. The summed E-state index contributed by atoms with van der Waals surface area (Å²) >= 11 is 0. The molecule has 0 radical (unpaired) electrons. The molecule has 1 atom stereocenters. The minimum absolute atomic E-state index is 0.115. The van der Waals surface area contributed by atoms with Gasteiger partial charge in [-0.15, -0.1) is 0 Å². The predicted octanol–water partition coefficient (Wildman–Crippen LogP) is 22.8. The van der Waals surface area contributed by atoms with Crippen LogP contribution in [0.2, 0.25) is 0 Å². The number of rotatable bonds is 57. The van der Waals surface area contributed by atoms with E-state index < -0.39 is 6.10 Å². The van der Waals surface area contributed by atoms with Crippen LogP contribution in [0.25, 0.3) is 0 Å². The van der Waals surface area contributed by atoms with Crippen LogP contribution in [0.1, 0.15) is 258 Å². The zero-order valence-corrected chi connectivity index (χ0v) is 52.4. The summed E-state index contributed by atoms with van der Waals surface area (Å²) in [5.74, 6) is -0.996. The van der Waals surface area contributed by atoms with Crippen molar-refractivity contribution in [3.63, 3.8) is 0 Å². The summed E-state index contributed by atoms with van der Waals surface area (Å²) in [4.78, 5) is 38.3. The third-order valence-electron chi connectivity index (χ3n) is 13.1. The summed E-state index contributed by atoms with van der Waals surface area (Å²) in [5, 5.41) is 0. The molecule has 0 spiro atoms. The minimum atomic E-state index is -0.822. The maximum Gasteiger partial charge on any atom is 0.306 e. The van der Waals surface area contributed by atoms with Crippen LogP contribution in [-0.2, 0) is 28.6 Å².